The third kappa shape index (κ3) is 3.97. The molecule has 0 fully saturated rings. The van der Waals surface area contributed by atoms with Crippen LogP contribution in [0.25, 0.3) is 5.69 Å². The average Bonchev–Trinajstić information content (AvgIpc) is 3.11. The molecule has 25 heavy (non-hydrogen) atoms. The molecular weight excluding hydrogens is 320 g/mol. The lowest BCUT2D eigenvalue weighted by Gasteiger charge is -2.00. The maximum absolute atomic E-state index is 12.0. The zero-order chi connectivity index (χ0) is 17.6. The number of hydrazone groups is 1. The minimum absolute atomic E-state index is 0.142. The number of non-ortho nitro benzene ring substituents is 1. The summed E-state index contributed by atoms with van der Waals surface area (Å²) in [5.41, 5.74) is 4.22. The van der Waals surface area contributed by atoms with Crippen molar-refractivity contribution in [3.8, 4) is 5.69 Å². The summed E-state index contributed by atoms with van der Waals surface area (Å²) in [6.45, 7) is 0. The van der Waals surface area contributed by atoms with E-state index in [-0.39, 0.29) is 11.3 Å². The number of nitro groups is 1. The van der Waals surface area contributed by atoms with Gasteiger partial charge in [0.2, 0.25) is 0 Å². The number of para-hydroxylation sites is 1. The van der Waals surface area contributed by atoms with Crippen molar-refractivity contribution >= 4 is 17.8 Å². The number of amides is 1. The summed E-state index contributed by atoms with van der Waals surface area (Å²) in [6, 6.07) is 17.1. The molecule has 0 bridgehead atoms. The molecule has 1 aromatic heterocycles. The Bertz CT molecular complexity index is 932. The summed E-state index contributed by atoms with van der Waals surface area (Å²) in [4.78, 5) is 22.2. The van der Waals surface area contributed by atoms with Crippen molar-refractivity contribution in [3.63, 3.8) is 0 Å². The lowest BCUT2D eigenvalue weighted by molar-refractivity contribution is -0.384. The summed E-state index contributed by atoms with van der Waals surface area (Å²) in [5.74, 6) is -0.512. The second-order valence-corrected chi connectivity index (χ2v) is 5.19. The maximum atomic E-state index is 12.0. The Morgan fingerprint density at radius 1 is 1.12 bits per heavy atom. The third-order valence-electron chi connectivity index (χ3n) is 3.47. The van der Waals surface area contributed by atoms with Gasteiger partial charge in [0.05, 0.1) is 11.1 Å². The molecule has 0 aliphatic carbocycles. The molecule has 3 rings (SSSR count). The van der Waals surface area contributed by atoms with Gasteiger partial charge < -0.3 is 4.57 Å². The zero-order valence-corrected chi connectivity index (χ0v) is 13.1. The number of nitrogens with zero attached hydrogens (tertiary/aromatic N) is 3. The number of aromatic nitrogens is 1. The highest BCUT2D eigenvalue weighted by Gasteiger charge is 2.10. The van der Waals surface area contributed by atoms with E-state index in [0.29, 0.717) is 0 Å². The molecule has 1 heterocycles. The molecular formula is C18H14N4O3. The third-order valence-corrected chi connectivity index (χ3v) is 3.47. The van der Waals surface area contributed by atoms with E-state index >= 15 is 0 Å². The second kappa shape index (κ2) is 7.22. The van der Waals surface area contributed by atoms with Gasteiger partial charge >= 0.3 is 0 Å². The highest BCUT2D eigenvalue weighted by Crippen LogP contribution is 2.13. The molecule has 0 saturated heterocycles. The summed E-state index contributed by atoms with van der Waals surface area (Å²) in [5, 5.41) is 14.6. The van der Waals surface area contributed by atoms with Gasteiger partial charge in [-0.2, -0.15) is 5.10 Å². The van der Waals surface area contributed by atoms with Crippen LogP contribution in [-0.2, 0) is 0 Å². The van der Waals surface area contributed by atoms with E-state index in [1.165, 1.54) is 30.5 Å². The normalized spacial score (nSPS) is 10.7. The van der Waals surface area contributed by atoms with Crippen LogP contribution < -0.4 is 5.43 Å². The highest BCUT2D eigenvalue weighted by molar-refractivity contribution is 5.95. The molecule has 0 unspecified atom stereocenters. The molecule has 0 atom stereocenters. The highest BCUT2D eigenvalue weighted by atomic mass is 16.6. The number of hydrogen-bond donors (Lipinski definition) is 1. The minimum atomic E-state index is -0.549. The van der Waals surface area contributed by atoms with Crippen molar-refractivity contribution in [3.05, 3.63) is 94.3 Å². The maximum Gasteiger partial charge on any atom is 0.271 e. The van der Waals surface area contributed by atoms with E-state index in [1.54, 1.807) is 0 Å². The molecule has 1 amide bonds. The molecule has 0 radical (unpaired) electrons. The standard InChI is InChI=1S/C18H14N4O3/c23-18(15-5-4-8-17(11-15)22(24)25)20-19-12-14-9-10-21(13-14)16-6-2-1-3-7-16/h1-13H,(H,20,23)/b19-12-. The molecule has 2 aromatic carbocycles. The van der Waals surface area contributed by atoms with Crippen LogP contribution in [0.2, 0.25) is 0 Å². The predicted octanol–water partition coefficient (Wildman–Crippen LogP) is 3.15. The number of carbonyl (C=O) groups excluding carboxylic acids is 1. The number of nitro benzene ring substituents is 1. The summed E-state index contributed by atoms with van der Waals surface area (Å²) >= 11 is 0. The summed E-state index contributed by atoms with van der Waals surface area (Å²) in [6.07, 6.45) is 5.27. The second-order valence-electron chi connectivity index (χ2n) is 5.19. The number of carbonyl (C=O) groups is 1. The molecule has 0 spiro atoms. The van der Waals surface area contributed by atoms with Crippen molar-refractivity contribution in [2.75, 3.05) is 0 Å². The zero-order valence-electron chi connectivity index (χ0n) is 13.1. The fraction of sp³-hybridized carbons (Fsp3) is 0. The minimum Gasteiger partial charge on any atom is -0.323 e. The number of hydrogen-bond acceptors (Lipinski definition) is 4. The van der Waals surface area contributed by atoms with E-state index in [2.05, 4.69) is 10.5 Å². The first-order chi connectivity index (χ1) is 12.1. The van der Waals surface area contributed by atoms with Crippen LogP contribution in [0.1, 0.15) is 15.9 Å². The topological polar surface area (TPSA) is 89.5 Å². The van der Waals surface area contributed by atoms with Gasteiger partial charge in [0.1, 0.15) is 0 Å². The van der Waals surface area contributed by atoms with Gasteiger partial charge in [0.15, 0.2) is 0 Å². The Labute approximate surface area is 143 Å². The van der Waals surface area contributed by atoms with Crippen LogP contribution >= 0.6 is 0 Å². The Morgan fingerprint density at radius 3 is 2.68 bits per heavy atom. The van der Waals surface area contributed by atoms with Crippen molar-refractivity contribution in [2.45, 2.75) is 0 Å². The Morgan fingerprint density at radius 2 is 1.92 bits per heavy atom. The first kappa shape index (κ1) is 16.1. The Balaban J connectivity index is 1.65. The SMILES string of the molecule is O=C(N/N=C\c1ccn(-c2ccccc2)c1)c1cccc([N+](=O)[O-])c1. The van der Waals surface area contributed by atoms with Gasteiger partial charge in [0, 0.05) is 41.3 Å². The summed E-state index contributed by atoms with van der Waals surface area (Å²) < 4.78 is 1.93. The van der Waals surface area contributed by atoms with Crippen molar-refractivity contribution in [1.29, 1.82) is 0 Å². The largest absolute Gasteiger partial charge is 0.323 e. The Kier molecular flexibility index (Phi) is 4.66. The quantitative estimate of drug-likeness (QED) is 0.441. The van der Waals surface area contributed by atoms with Crippen LogP contribution in [0.3, 0.4) is 0 Å². The molecule has 7 nitrogen and oxygen atoms in total. The average molecular weight is 334 g/mol. The van der Waals surface area contributed by atoms with Crippen LogP contribution in [0.15, 0.2) is 78.2 Å². The van der Waals surface area contributed by atoms with Gasteiger partial charge in [-0.15, -0.1) is 0 Å². The van der Waals surface area contributed by atoms with Crippen LogP contribution in [0.4, 0.5) is 5.69 Å². The van der Waals surface area contributed by atoms with Gasteiger partial charge in [-0.05, 0) is 24.3 Å². The predicted molar refractivity (Wildman–Crippen MR) is 93.9 cm³/mol. The molecule has 3 aromatic rings. The van der Waals surface area contributed by atoms with Crippen LogP contribution in [-0.4, -0.2) is 21.6 Å². The van der Waals surface area contributed by atoms with Crippen LogP contribution in [0.5, 0.6) is 0 Å². The van der Waals surface area contributed by atoms with Crippen molar-refractivity contribution in [1.82, 2.24) is 9.99 Å². The fourth-order valence-corrected chi connectivity index (χ4v) is 2.24. The molecule has 0 aliphatic heterocycles. The monoisotopic (exact) mass is 334 g/mol. The molecule has 1 N–H and O–H groups in total. The van der Waals surface area contributed by atoms with Gasteiger partial charge in [-0.1, -0.05) is 24.3 Å². The van der Waals surface area contributed by atoms with Crippen molar-refractivity contribution in [2.24, 2.45) is 5.10 Å². The van der Waals surface area contributed by atoms with Gasteiger partial charge in [0.25, 0.3) is 11.6 Å². The fourth-order valence-electron chi connectivity index (χ4n) is 2.24. The van der Waals surface area contributed by atoms with E-state index in [9.17, 15) is 14.9 Å². The lowest BCUT2D eigenvalue weighted by Crippen LogP contribution is -2.17. The van der Waals surface area contributed by atoms with Gasteiger partial charge in [-0.25, -0.2) is 5.43 Å². The molecule has 0 aliphatic rings. The number of rotatable bonds is 5. The lowest BCUT2D eigenvalue weighted by atomic mass is 10.2. The first-order valence-corrected chi connectivity index (χ1v) is 7.45. The number of benzene rings is 2. The summed E-state index contributed by atoms with van der Waals surface area (Å²) in [7, 11) is 0. The smallest absolute Gasteiger partial charge is 0.271 e. The molecule has 124 valence electrons. The van der Waals surface area contributed by atoms with E-state index in [0.717, 1.165) is 11.3 Å². The van der Waals surface area contributed by atoms with E-state index in [4.69, 9.17) is 0 Å². The first-order valence-electron chi connectivity index (χ1n) is 7.45. The van der Waals surface area contributed by atoms with Crippen molar-refractivity contribution < 1.29 is 9.72 Å². The van der Waals surface area contributed by atoms with Crippen LogP contribution in [0, 0.1) is 10.1 Å². The van der Waals surface area contributed by atoms with Gasteiger partial charge in [-0.3, -0.25) is 14.9 Å². The molecule has 0 saturated carbocycles. The number of nitrogens with one attached hydrogen (secondary N) is 1. The Hall–Kier alpha value is -3.74. The molecule has 7 heteroatoms. The van der Waals surface area contributed by atoms with E-state index in [1.807, 2.05) is 53.4 Å². The van der Waals surface area contributed by atoms with E-state index < -0.39 is 10.8 Å².